The van der Waals surface area contributed by atoms with Gasteiger partial charge in [0.05, 0.1) is 26.3 Å². The fourth-order valence-electron chi connectivity index (χ4n) is 2.98. The number of hydrogen-bond acceptors (Lipinski definition) is 7. The van der Waals surface area contributed by atoms with Crippen molar-refractivity contribution in [3.8, 4) is 0 Å². The molecule has 2 aromatic carbocycles. The van der Waals surface area contributed by atoms with Crippen molar-refractivity contribution in [2.75, 3.05) is 11.9 Å². The third-order valence-electron chi connectivity index (χ3n) is 4.33. The molecule has 3 amide bonds. The van der Waals surface area contributed by atoms with Crippen LogP contribution in [0.1, 0.15) is 26.3 Å². The van der Waals surface area contributed by atoms with E-state index in [-0.39, 0.29) is 16.8 Å². The number of carbonyl (C=O) groups is 3. The van der Waals surface area contributed by atoms with E-state index in [0.29, 0.717) is 5.13 Å². The number of carbonyl (C=O) groups excluding carboxylic acids is 3. The molecule has 0 saturated heterocycles. The van der Waals surface area contributed by atoms with Gasteiger partial charge < -0.3 is 5.32 Å². The van der Waals surface area contributed by atoms with Gasteiger partial charge in [-0.05, 0) is 24.6 Å². The molecule has 1 N–H and O–H groups in total. The van der Waals surface area contributed by atoms with Crippen LogP contribution in [0.5, 0.6) is 0 Å². The molecule has 0 bridgehead atoms. The van der Waals surface area contributed by atoms with Crippen molar-refractivity contribution in [3.05, 3.63) is 63.2 Å². The van der Waals surface area contributed by atoms with Crippen molar-refractivity contribution in [2.45, 2.75) is 6.92 Å². The molecular formula is C18H12N4O5S. The van der Waals surface area contributed by atoms with Crippen LogP contribution in [0, 0.1) is 17.0 Å². The first-order chi connectivity index (χ1) is 13.3. The largest absolute Gasteiger partial charge is 0.300 e. The summed E-state index contributed by atoms with van der Waals surface area (Å²) in [4.78, 5) is 52.5. The third kappa shape index (κ3) is 2.89. The summed E-state index contributed by atoms with van der Waals surface area (Å²) in [5, 5.41) is 13.8. The van der Waals surface area contributed by atoms with Gasteiger partial charge in [-0.1, -0.05) is 23.5 Å². The molecule has 0 fully saturated rings. The minimum atomic E-state index is -0.737. The topological polar surface area (TPSA) is 123 Å². The van der Waals surface area contributed by atoms with Crippen molar-refractivity contribution >= 4 is 50.1 Å². The van der Waals surface area contributed by atoms with E-state index < -0.39 is 29.2 Å². The number of fused-ring (bicyclic) bond motifs is 2. The van der Waals surface area contributed by atoms with Crippen LogP contribution in [0.2, 0.25) is 0 Å². The van der Waals surface area contributed by atoms with Crippen LogP contribution in [0.3, 0.4) is 0 Å². The molecule has 4 rings (SSSR count). The number of para-hydroxylation sites is 1. The van der Waals surface area contributed by atoms with Gasteiger partial charge >= 0.3 is 0 Å². The molecule has 3 aromatic rings. The van der Waals surface area contributed by atoms with E-state index >= 15 is 0 Å². The molecule has 0 unspecified atom stereocenters. The number of amides is 3. The van der Waals surface area contributed by atoms with E-state index in [1.165, 1.54) is 17.4 Å². The average Bonchev–Trinajstić information content (AvgIpc) is 3.17. The third-order valence-corrected chi connectivity index (χ3v) is 5.27. The molecule has 0 radical (unpaired) electrons. The van der Waals surface area contributed by atoms with E-state index in [4.69, 9.17) is 0 Å². The first-order valence-electron chi connectivity index (χ1n) is 8.16. The number of non-ortho nitro benzene ring substituents is 1. The van der Waals surface area contributed by atoms with E-state index in [9.17, 15) is 24.5 Å². The molecular weight excluding hydrogens is 384 g/mol. The second kappa shape index (κ2) is 6.50. The lowest BCUT2D eigenvalue weighted by Crippen LogP contribution is -2.37. The standard InChI is InChI=1S/C18H12N4O5S/c1-9-3-2-4-13-15(9)20-18(28-13)19-14(23)8-21-16(24)11-6-5-10(22(26)27)7-12(11)17(21)25/h2-7H,8H2,1H3,(H,19,20,23). The highest BCUT2D eigenvalue weighted by molar-refractivity contribution is 7.22. The maximum absolute atomic E-state index is 12.4. The first-order valence-corrected chi connectivity index (χ1v) is 8.97. The molecule has 1 aromatic heterocycles. The highest BCUT2D eigenvalue weighted by Gasteiger charge is 2.37. The van der Waals surface area contributed by atoms with Gasteiger partial charge in [-0.2, -0.15) is 0 Å². The second-order valence-corrected chi connectivity index (χ2v) is 7.20. The van der Waals surface area contributed by atoms with Gasteiger partial charge in [0.2, 0.25) is 5.91 Å². The van der Waals surface area contributed by atoms with Gasteiger partial charge in [0.1, 0.15) is 6.54 Å². The maximum atomic E-state index is 12.4. The van der Waals surface area contributed by atoms with E-state index in [0.717, 1.165) is 32.8 Å². The first kappa shape index (κ1) is 17.7. The fourth-order valence-corrected chi connectivity index (χ4v) is 3.94. The average molecular weight is 396 g/mol. The smallest absolute Gasteiger partial charge is 0.270 e. The Morgan fingerprint density at radius 3 is 2.68 bits per heavy atom. The van der Waals surface area contributed by atoms with Gasteiger partial charge in [0, 0.05) is 12.1 Å². The number of nitro benzene ring substituents is 1. The number of nitrogens with zero attached hydrogens (tertiary/aromatic N) is 3. The number of aromatic nitrogens is 1. The minimum absolute atomic E-state index is 0.0408. The normalized spacial score (nSPS) is 13.1. The predicted molar refractivity (Wildman–Crippen MR) is 101 cm³/mol. The summed E-state index contributed by atoms with van der Waals surface area (Å²) in [5.74, 6) is -1.98. The molecule has 0 spiro atoms. The Morgan fingerprint density at radius 2 is 1.96 bits per heavy atom. The summed E-state index contributed by atoms with van der Waals surface area (Å²) >= 11 is 1.29. The van der Waals surface area contributed by atoms with Crippen molar-refractivity contribution in [1.82, 2.24) is 9.88 Å². The molecule has 140 valence electrons. The van der Waals surface area contributed by atoms with Gasteiger partial charge in [0.15, 0.2) is 5.13 Å². The molecule has 9 nitrogen and oxygen atoms in total. The number of benzene rings is 2. The molecule has 0 atom stereocenters. The van der Waals surface area contributed by atoms with Crippen LogP contribution in [0.25, 0.3) is 10.2 Å². The van der Waals surface area contributed by atoms with Gasteiger partial charge in [-0.15, -0.1) is 0 Å². The number of nitro groups is 1. The number of anilines is 1. The van der Waals surface area contributed by atoms with Crippen molar-refractivity contribution < 1.29 is 19.3 Å². The van der Waals surface area contributed by atoms with Crippen molar-refractivity contribution in [1.29, 1.82) is 0 Å². The Hall–Kier alpha value is -3.66. The lowest BCUT2D eigenvalue weighted by atomic mass is 10.1. The van der Waals surface area contributed by atoms with Crippen LogP contribution >= 0.6 is 11.3 Å². The van der Waals surface area contributed by atoms with E-state index in [1.54, 1.807) is 0 Å². The van der Waals surface area contributed by atoms with Gasteiger partial charge in [0.25, 0.3) is 17.5 Å². The van der Waals surface area contributed by atoms with Crippen LogP contribution in [-0.4, -0.2) is 39.1 Å². The molecule has 2 heterocycles. The fraction of sp³-hybridized carbons (Fsp3) is 0.111. The molecule has 0 saturated carbocycles. The number of rotatable bonds is 4. The Balaban J connectivity index is 1.52. The molecule has 1 aliphatic heterocycles. The van der Waals surface area contributed by atoms with Crippen LogP contribution in [-0.2, 0) is 4.79 Å². The van der Waals surface area contributed by atoms with E-state index in [1.807, 2.05) is 25.1 Å². The van der Waals surface area contributed by atoms with Crippen LogP contribution in [0.4, 0.5) is 10.8 Å². The lowest BCUT2D eigenvalue weighted by molar-refractivity contribution is -0.384. The Bertz CT molecular complexity index is 1190. The van der Waals surface area contributed by atoms with Crippen molar-refractivity contribution in [3.63, 3.8) is 0 Å². The van der Waals surface area contributed by atoms with Gasteiger partial charge in [-0.3, -0.25) is 29.4 Å². The number of aryl methyl sites for hydroxylation is 1. The number of hydrogen-bond donors (Lipinski definition) is 1. The van der Waals surface area contributed by atoms with Gasteiger partial charge in [-0.25, -0.2) is 4.98 Å². The zero-order valence-electron chi connectivity index (χ0n) is 14.5. The maximum Gasteiger partial charge on any atom is 0.270 e. The number of thiazole rings is 1. The SMILES string of the molecule is Cc1cccc2sc(NC(=O)CN3C(=O)c4ccc([N+](=O)[O-])cc4C3=O)nc12. The lowest BCUT2D eigenvalue weighted by Gasteiger charge is -2.12. The quantitative estimate of drug-likeness (QED) is 0.411. The summed E-state index contributed by atoms with van der Waals surface area (Å²) < 4.78 is 0.906. The Morgan fingerprint density at radius 1 is 1.21 bits per heavy atom. The summed E-state index contributed by atoms with van der Waals surface area (Å²) in [7, 11) is 0. The minimum Gasteiger partial charge on any atom is -0.300 e. The van der Waals surface area contributed by atoms with Crippen LogP contribution < -0.4 is 5.32 Å². The summed E-state index contributed by atoms with van der Waals surface area (Å²) in [6, 6.07) is 9.10. The Labute approximate surface area is 161 Å². The van der Waals surface area contributed by atoms with Crippen LogP contribution in [0.15, 0.2) is 36.4 Å². The summed E-state index contributed by atoms with van der Waals surface area (Å²) in [6.07, 6.45) is 0. The highest BCUT2D eigenvalue weighted by atomic mass is 32.1. The monoisotopic (exact) mass is 396 g/mol. The molecule has 0 aliphatic carbocycles. The molecule has 1 aliphatic rings. The highest BCUT2D eigenvalue weighted by Crippen LogP contribution is 2.29. The summed E-state index contributed by atoms with van der Waals surface area (Å²) in [6.45, 7) is 1.40. The second-order valence-electron chi connectivity index (χ2n) is 6.17. The number of nitrogens with one attached hydrogen (secondary N) is 1. The molecule has 10 heteroatoms. The van der Waals surface area contributed by atoms with Crippen molar-refractivity contribution in [2.24, 2.45) is 0 Å². The number of imide groups is 1. The zero-order chi connectivity index (χ0) is 20.0. The summed E-state index contributed by atoms with van der Waals surface area (Å²) in [5.41, 5.74) is 1.41. The molecule has 28 heavy (non-hydrogen) atoms. The van der Waals surface area contributed by atoms with E-state index in [2.05, 4.69) is 10.3 Å². The zero-order valence-corrected chi connectivity index (χ0v) is 15.3. The Kier molecular flexibility index (Phi) is 4.12. The predicted octanol–water partition coefficient (Wildman–Crippen LogP) is 2.75.